The molecule has 86 valence electrons. The van der Waals surface area contributed by atoms with Crippen molar-refractivity contribution >= 4 is 0 Å². The van der Waals surface area contributed by atoms with Gasteiger partial charge in [-0.1, -0.05) is 25.5 Å². The van der Waals surface area contributed by atoms with Gasteiger partial charge in [-0.15, -0.1) is 0 Å². The third kappa shape index (κ3) is 2.73. The predicted octanol–water partition coefficient (Wildman–Crippen LogP) is 2.76. The second kappa shape index (κ2) is 5.31. The molecule has 0 aliphatic heterocycles. The fourth-order valence-corrected chi connectivity index (χ4v) is 1.84. The van der Waals surface area contributed by atoms with Gasteiger partial charge >= 0.3 is 0 Å². The summed E-state index contributed by atoms with van der Waals surface area (Å²) in [6, 6.07) is 9.82. The molecule has 0 fully saturated rings. The summed E-state index contributed by atoms with van der Waals surface area (Å²) in [6.07, 6.45) is 5.96. The average Bonchev–Trinajstić information content (AvgIpc) is 2.78. The summed E-state index contributed by atoms with van der Waals surface area (Å²) < 4.78 is 2.16. The minimum Gasteiger partial charge on any atom is -0.330 e. The molecule has 0 atom stereocenters. The molecule has 17 heavy (non-hydrogen) atoms. The van der Waals surface area contributed by atoms with Crippen molar-refractivity contribution in [2.45, 2.75) is 26.3 Å². The third-order valence-corrected chi connectivity index (χ3v) is 2.74. The Labute approximate surface area is 101 Å². The van der Waals surface area contributed by atoms with Crippen LogP contribution in [0.15, 0.2) is 36.8 Å². The van der Waals surface area contributed by atoms with Crippen LogP contribution in [0.3, 0.4) is 0 Å². The van der Waals surface area contributed by atoms with Gasteiger partial charge in [0.25, 0.3) is 0 Å². The Bertz CT molecular complexity index is 517. The molecule has 2 aromatic rings. The molecular weight excluding hydrogens is 210 g/mol. The fourth-order valence-electron chi connectivity index (χ4n) is 1.84. The molecule has 2 rings (SSSR count). The summed E-state index contributed by atoms with van der Waals surface area (Å²) in [5, 5.41) is 8.73. The van der Waals surface area contributed by atoms with Crippen molar-refractivity contribution in [2.24, 2.45) is 0 Å². The maximum Gasteiger partial charge on any atom is 0.0991 e. The minimum absolute atomic E-state index is 0.702. The Morgan fingerprint density at radius 3 is 2.71 bits per heavy atom. The van der Waals surface area contributed by atoms with Crippen LogP contribution in [-0.2, 0) is 13.0 Å². The molecule has 0 saturated heterocycles. The molecule has 0 saturated carbocycles. The van der Waals surface area contributed by atoms with Crippen molar-refractivity contribution in [1.29, 1.82) is 5.26 Å². The lowest BCUT2D eigenvalue weighted by Crippen LogP contribution is -2.02. The molecule has 1 aromatic carbocycles. The van der Waals surface area contributed by atoms with E-state index in [0.717, 1.165) is 19.4 Å². The highest BCUT2D eigenvalue weighted by atomic mass is 15.0. The van der Waals surface area contributed by atoms with Crippen LogP contribution >= 0.6 is 0 Å². The summed E-state index contributed by atoms with van der Waals surface area (Å²) >= 11 is 0. The van der Waals surface area contributed by atoms with Crippen LogP contribution < -0.4 is 0 Å². The molecule has 0 aliphatic carbocycles. The van der Waals surface area contributed by atoms with E-state index in [0.29, 0.717) is 5.56 Å². The van der Waals surface area contributed by atoms with Gasteiger partial charge in [0.2, 0.25) is 0 Å². The standard InChI is InChI=1S/C14H15N3/c1-2-3-14-9-16-11-17(14)10-13-6-4-12(8-15)5-7-13/h4-7,9,11H,2-3,10H2,1H3. The van der Waals surface area contributed by atoms with Gasteiger partial charge in [0.15, 0.2) is 0 Å². The van der Waals surface area contributed by atoms with Gasteiger partial charge in [-0.25, -0.2) is 4.98 Å². The van der Waals surface area contributed by atoms with E-state index in [1.54, 1.807) is 0 Å². The SMILES string of the molecule is CCCc1cncn1Cc1ccc(C#N)cc1. The number of hydrogen-bond acceptors (Lipinski definition) is 2. The van der Waals surface area contributed by atoms with E-state index in [-0.39, 0.29) is 0 Å². The van der Waals surface area contributed by atoms with Gasteiger partial charge < -0.3 is 4.57 Å². The maximum absolute atomic E-state index is 8.73. The number of imidazole rings is 1. The Morgan fingerprint density at radius 1 is 1.29 bits per heavy atom. The number of hydrogen-bond donors (Lipinski definition) is 0. The number of rotatable bonds is 4. The van der Waals surface area contributed by atoms with Crippen molar-refractivity contribution in [1.82, 2.24) is 9.55 Å². The first-order valence-electron chi connectivity index (χ1n) is 5.81. The molecule has 0 spiro atoms. The number of nitriles is 1. The lowest BCUT2D eigenvalue weighted by molar-refractivity contribution is 0.723. The molecule has 3 nitrogen and oxygen atoms in total. The van der Waals surface area contributed by atoms with Crippen LogP contribution in [0.25, 0.3) is 0 Å². The van der Waals surface area contributed by atoms with Crippen LogP contribution in [0, 0.1) is 11.3 Å². The minimum atomic E-state index is 0.702. The molecule has 0 bridgehead atoms. The average molecular weight is 225 g/mol. The Kier molecular flexibility index (Phi) is 3.56. The summed E-state index contributed by atoms with van der Waals surface area (Å²) in [7, 11) is 0. The first kappa shape index (κ1) is 11.4. The van der Waals surface area contributed by atoms with Gasteiger partial charge in [0.1, 0.15) is 0 Å². The molecule has 0 unspecified atom stereocenters. The molecule has 1 heterocycles. The Morgan fingerprint density at radius 2 is 2.06 bits per heavy atom. The molecule has 1 aromatic heterocycles. The van der Waals surface area contributed by atoms with Crippen LogP contribution in [-0.4, -0.2) is 9.55 Å². The second-order valence-corrected chi connectivity index (χ2v) is 4.07. The lowest BCUT2D eigenvalue weighted by atomic mass is 10.1. The van der Waals surface area contributed by atoms with E-state index in [1.165, 1.54) is 11.3 Å². The summed E-state index contributed by atoms with van der Waals surface area (Å²) in [6.45, 7) is 2.99. The van der Waals surface area contributed by atoms with E-state index in [9.17, 15) is 0 Å². The van der Waals surface area contributed by atoms with Crippen molar-refractivity contribution < 1.29 is 0 Å². The highest BCUT2D eigenvalue weighted by Crippen LogP contribution is 2.09. The normalized spacial score (nSPS) is 10.1. The van der Waals surface area contributed by atoms with Crippen molar-refractivity contribution in [2.75, 3.05) is 0 Å². The fraction of sp³-hybridized carbons (Fsp3) is 0.286. The van der Waals surface area contributed by atoms with Crippen LogP contribution in [0.4, 0.5) is 0 Å². The summed E-state index contributed by atoms with van der Waals surface area (Å²) in [4.78, 5) is 4.18. The predicted molar refractivity (Wildman–Crippen MR) is 66.5 cm³/mol. The topological polar surface area (TPSA) is 41.6 Å². The van der Waals surface area contributed by atoms with Gasteiger partial charge in [0.05, 0.1) is 18.0 Å². The smallest absolute Gasteiger partial charge is 0.0991 e. The first-order chi connectivity index (χ1) is 8.33. The Hall–Kier alpha value is -2.08. The largest absolute Gasteiger partial charge is 0.330 e. The van der Waals surface area contributed by atoms with Crippen molar-refractivity contribution in [3.63, 3.8) is 0 Å². The third-order valence-electron chi connectivity index (χ3n) is 2.74. The Balaban J connectivity index is 2.14. The molecule has 0 N–H and O–H groups in total. The summed E-state index contributed by atoms with van der Waals surface area (Å²) in [5.74, 6) is 0. The quantitative estimate of drug-likeness (QED) is 0.802. The van der Waals surface area contributed by atoms with Gasteiger partial charge in [0, 0.05) is 18.4 Å². The first-order valence-corrected chi connectivity index (χ1v) is 5.81. The zero-order chi connectivity index (χ0) is 12.1. The zero-order valence-corrected chi connectivity index (χ0v) is 9.93. The van der Waals surface area contributed by atoms with Crippen molar-refractivity contribution in [3.05, 3.63) is 53.6 Å². The monoisotopic (exact) mass is 225 g/mol. The second-order valence-electron chi connectivity index (χ2n) is 4.07. The maximum atomic E-state index is 8.73. The number of benzene rings is 1. The van der Waals surface area contributed by atoms with E-state index in [4.69, 9.17) is 5.26 Å². The lowest BCUT2D eigenvalue weighted by Gasteiger charge is -2.07. The van der Waals surface area contributed by atoms with Gasteiger partial charge in [-0.2, -0.15) is 5.26 Å². The summed E-state index contributed by atoms with van der Waals surface area (Å²) in [5.41, 5.74) is 3.16. The van der Waals surface area contributed by atoms with E-state index in [2.05, 4.69) is 22.5 Å². The van der Waals surface area contributed by atoms with Crippen LogP contribution in [0.1, 0.15) is 30.2 Å². The van der Waals surface area contributed by atoms with E-state index in [1.807, 2.05) is 36.8 Å². The molecule has 0 aliphatic rings. The molecule has 0 radical (unpaired) electrons. The van der Waals surface area contributed by atoms with Crippen LogP contribution in [0.2, 0.25) is 0 Å². The number of aromatic nitrogens is 2. The van der Waals surface area contributed by atoms with Gasteiger partial charge in [-0.3, -0.25) is 0 Å². The van der Waals surface area contributed by atoms with Crippen molar-refractivity contribution in [3.8, 4) is 6.07 Å². The molecular formula is C14H15N3. The molecule has 0 amide bonds. The van der Waals surface area contributed by atoms with E-state index >= 15 is 0 Å². The number of nitrogens with zero attached hydrogens (tertiary/aromatic N) is 3. The highest BCUT2D eigenvalue weighted by Gasteiger charge is 2.02. The molecule has 3 heteroatoms. The van der Waals surface area contributed by atoms with E-state index < -0.39 is 0 Å². The number of aryl methyl sites for hydroxylation is 1. The van der Waals surface area contributed by atoms with Crippen LogP contribution in [0.5, 0.6) is 0 Å². The zero-order valence-electron chi connectivity index (χ0n) is 9.93. The highest BCUT2D eigenvalue weighted by molar-refractivity contribution is 5.31. The van der Waals surface area contributed by atoms with Gasteiger partial charge in [-0.05, 0) is 24.1 Å².